The van der Waals surface area contributed by atoms with Crippen molar-refractivity contribution in [2.75, 3.05) is 12.8 Å². The molecule has 2 N–H and O–H groups in total. The molecule has 0 spiro atoms. The highest BCUT2D eigenvalue weighted by Crippen LogP contribution is 2.27. The number of rotatable bonds is 3. The fraction of sp³-hybridized carbons (Fsp3) is 0.214. The summed E-state index contributed by atoms with van der Waals surface area (Å²) in [6, 6.07) is 7.68. The van der Waals surface area contributed by atoms with E-state index in [1.165, 1.54) is 14.0 Å². The number of hydrogen-bond acceptors (Lipinski definition) is 5. The predicted molar refractivity (Wildman–Crippen MR) is 73.2 cm³/mol. The molecule has 19 heavy (non-hydrogen) atoms. The van der Waals surface area contributed by atoms with Gasteiger partial charge in [-0.2, -0.15) is 0 Å². The molecular formula is C14H15N3O2. The molecule has 1 heterocycles. The molecular weight excluding hydrogens is 242 g/mol. The fourth-order valence-corrected chi connectivity index (χ4v) is 1.74. The lowest BCUT2D eigenvalue weighted by Gasteiger charge is -2.10. The molecule has 0 atom stereocenters. The molecule has 98 valence electrons. The molecule has 5 nitrogen and oxygen atoms in total. The van der Waals surface area contributed by atoms with Crippen molar-refractivity contribution in [1.29, 1.82) is 0 Å². The zero-order chi connectivity index (χ0) is 14.0. The number of carbonyl (C=O) groups is 1. The molecule has 2 aromatic rings. The maximum absolute atomic E-state index is 11.6. The molecule has 0 bridgehead atoms. The van der Waals surface area contributed by atoms with Crippen LogP contribution in [0, 0.1) is 6.92 Å². The summed E-state index contributed by atoms with van der Waals surface area (Å²) in [5.41, 5.74) is 7.95. The number of ether oxygens (including phenoxy) is 1. The molecule has 1 aromatic heterocycles. The van der Waals surface area contributed by atoms with Crippen LogP contribution < -0.4 is 10.5 Å². The van der Waals surface area contributed by atoms with E-state index >= 15 is 0 Å². The van der Waals surface area contributed by atoms with E-state index in [2.05, 4.69) is 9.97 Å². The fourth-order valence-electron chi connectivity index (χ4n) is 1.74. The number of aromatic nitrogens is 2. The Labute approximate surface area is 111 Å². The van der Waals surface area contributed by atoms with Crippen LogP contribution in [0.25, 0.3) is 11.4 Å². The van der Waals surface area contributed by atoms with Crippen molar-refractivity contribution in [3.63, 3.8) is 0 Å². The van der Waals surface area contributed by atoms with Gasteiger partial charge in [-0.05, 0) is 6.92 Å². The number of carbonyl (C=O) groups excluding carboxylic acids is 1. The maximum atomic E-state index is 11.6. The number of anilines is 1. The molecule has 0 fully saturated rings. The van der Waals surface area contributed by atoms with E-state index in [0.29, 0.717) is 5.82 Å². The Morgan fingerprint density at radius 2 is 1.84 bits per heavy atom. The predicted octanol–water partition coefficient (Wildman–Crippen LogP) is 2.25. The Bertz CT molecular complexity index is 621. The van der Waals surface area contributed by atoms with Gasteiger partial charge in [0.2, 0.25) is 0 Å². The normalized spacial score (nSPS) is 10.3. The monoisotopic (exact) mass is 257 g/mol. The number of benzene rings is 1. The van der Waals surface area contributed by atoms with Gasteiger partial charge in [-0.1, -0.05) is 29.8 Å². The van der Waals surface area contributed by atoms with E-state index in [9.17, 15) is 4.79 Å². The Morgan fingerprint density at radius 3 is 2.37 bits per heavy atom. The molecule has 2 rings (SSSR count). The average molecular weight is 257 g/mol. The Morgan fingerprint density at radius 1 is 1.21 bits per heavy atom. The van der Waals surface area contributed by atoms with Gasteiger partial charge in [-0.3, -0.25) is 4.79 Å². The van der Waals surface area contributed by atoms with Crippen molar-refractivity contribution in [3.8, 4) is 17.1 Å². The van der Waals surface area contributed by atoms with Crippen molar-refractivity contribution in [2.24, 2.45) is 0 Å². The number of nitrogens with zero attached hydrogens (tertiary/aromatic N) is 2. The maximum Gasteiger partial charge on any atom is 0.190 e. The number of nitrogen functional groups attached to an aromatic ring is 1. The summed E-state index contributed by atoms with van der Waals surface area (Å²) >= 11 is 0. The molecule has 0 unspecified atom stereocenters. The topological polar surface area (TPSA) is 78.1 Å². The highest BCUT2D eigenvalue weighted by Gasteiger charge is 2.17. The van der Waals surface area contributed by atoms with Gasteiger partial charge in [0.15, 0.2) is 28.9 Å². The summed E-state index contributed by atoms with van der Waals surface area (Å²) in [4.78, 5) is 20.0. The average Bonchev–Trinajstić information content (AvgIpc) is 2.38. The quantitative estimate of drug-likeness (QED) is 0.853. The summed E-state index contributed by atoms with van der Waals surface area (Å²) in [6.45, 7) is 3.41. The molecule has 0 amide bonds. The summed E-state index contributed by atoms with van der Waals surface area (Å²) in [5, 5.41) is 0. The van der Waals surface area contributed by atoms with Crippen molar-refractivity contribution >= 4 is 11.6 Å². The van der Waals surface area contributed by atoms with Crippen molar-refractivity contribution in [3.05, 3.63) is 35.5 Å². The van der Waals surface area contributed by atoms with E-state index in [1.807, 2.05) is 31.2 Å². The lowest BCUT2D eigenvalue weighted by molar-refractivity contribution is 0.101. The number of hydrogen-bond donors (Lipinski definition) is 1. The minimum atomic E-state index is -0.209. The first-order valence-electron chi connectivity index (χ1n) is 5.82. The van der Waals surface area contributed by atoms with E-state index < -0.39 is 0 Å². The minimum Gasteiger partial charge on any atom is -0.491 e. The second-order valence-corrected chi connectivity index (χ2v) is 4.24. The molecule has 0 radical (unpaired) electrons. The highest BCUT2D eigenvalue weighted by atomic mass is 16.5. The van der Waals surface area contributed by atoms with Gasteiger partial charge in [0, 0.05) is 12.5 Å². The zero-order valence-electron chi connectivity index (χ0n) is 11.1. The largest absolute Gasteiger partial charge is 0.491 e. The smallest absolute Gasteiger partial charge is 0.190 e. The molecule has 1 aromatic carbocycles. The Kier molecular flexibility index (Phi) is 3.46. The minimum absolute atomic E-state index is 0.165. The summed E-state index contributed by atoms with van der Waals surface area (Å²) in [5.74, 6) is 0.601. The Balaban J connectivity index is 2.59. The lowest BCUT2D eigenvalue weighted by Crippen LogP contribution is -2.08. The third-order valence-corrected chi connectivity index (χ3v) is 2.74. The third-order valence-electron chi connectivity index (χ3n) is 2.74. The van der Waals surface area contributed by atoms with Gasteiger partial charge < -0.3 is 10.5 Å². The van der Waals surface area contributed by atoms with Gasteiger partial charge in [0.25, 0.3) is 0 Å². The van der Waals surface area contributed by atoms with Crippen molar-refractivity contribution in [2.45, 2.75) is 13.8 Å². The van der Waals surface area contributed by atoms with Crippen LogP contribution in [0.4, 0.5) is 5.82 Å². The number of nitrogens with two attached hydrogens (primary N) is 1. The number of aryl methyl sites for hydroxylation is 1. The molecule has 0 aliphatic heterocycles. The summed E-state index contributed by atoms with van der Waals surface area (Å²) in [7, 11) is 1.44. The van der Waals surface area contributed by atoms with Gasteiger partial charge in [0.1, 0.15) is 0 Å². The van der Waals surface area contributed by atoms with Gasteiger partial charge in [0.05, 0.1) is 7.11 Å². The number of ketones is 1. The molecule has 0 aliphatic carbocycles. The number of Topliss-reactive ketones (excluding diaryl/α,β-unsaturated/α-hetero) is 1. The van der Waals surface area contributed by atoms with Crippen LogP contribution in [0.15, 0.2) is 24.3 Å². The van der Waals surface area contributed by atoms with Gasteiger partial charge in [-0.15, -0.1) is 0 Å². The van der Waals surface area contributed by atoms with E-state index in [1.54, 1.807) is 0 Å². The summed E-state index contributed by atoms with van der Waals surface area (Å²) in [6.07, 6.45) is 0. The van der Waals surface area contributed by atoms with E-state index in [0.717, 1.165) is 11.1 Å². The number of methoxy groups -OCH3 is 1. The Hall–Kier alpha value is -2.43. The zero-order valence-corrected chi connectivity index (χ0v) is 11.1. The van der Waals surface area contributed by atoms with Crippen LogP contribution in [0.5, 0.6) is 5.75 Å². The van der Waals surface area contributed by atoms with Crippen LogP contribution in [-0.4, -0.2) is 22.9 Å². The first kappa shape index (κ1) is 13.0. The summed E-state index contributed by atoms with van der Waals surface area (Å²) < 4.78 is 5.08. The SMILES string of the molecule is COc1c(N)nc(-c2ccc(C)cc2)nc1C(C)=O. The standard InChI is InChI=1S/C14H15N3O2/c1-8-4-6-10(7-5-8)14-16-11(9(2)18)12(19-3)13(15)17-14/h4-7H,1-3H3,(H2,15,16,17). The van der Waals surface area contributed by atoms with Crippen LogP contribution in [0.3, 0.4) is 0 Å². The lowest BCUT2D eigenvalue weighted by atomic mass is 10.1. The molecule has 0 saturated heterocycles. The van der Waals surface area contributed by atoms with E-state index in [-0.39, 0.29) is 23.0 Å². The van der Waals surface area contributed by atoms with Crippen molar-refractivity contribution in [1.82, 2.24) is 9.97 Å². The second kappa shape index (κ2) is 5.06. The van der Waals surface area contributed by atoms with Crippen LogP contribution in [0.1, 0.15) is 23.0 Å². The first-order chi connectivity index (χ1) is 9.02. The third kappa shape index (κ3) is 2.54. The highest BCUT2D eigenvalue weighted by molar-refractivity contribution is 5.96. The molecule has 0 aliphatic rings. The first-order valence-corrected chi connectivity index (χ1v) is 5.82. The molecule has 0 saturated carbocycles. The van der Waals surface area contributed by atoms with Crippen LogP contribution in [-0.2, 0) is 0 Å². The second-order valence-electron chi connectivity index (χ2n) is 4.24. The van der Waals surface area contributed by atoms with Crippen LogP contribution in [0.2, 0.25) is 0 Å². The van der Waals surface area contributed by atoms with Gasteiger partial charge >= 0.3 is 0 Å². The van der Waals surface area contributed by atoms with Crippen molar-refractivity contribution < 1.29 is 9.53 Å². The van der Waals surface area contributed by atoms with E-state index in [4.69, 9.17) is 10.5 Å². The molecule has 5 heteroatoms. The van der Waals surface area contributed by atoms with Gasteiger partial charge in [-0.25, -0.2) is 9.97 Å². The van der Waals surface area contributed by atoms with Crippen LogP contribution >= 0.6 is 0 Å².